The maximum atomic E-state index is 13.5. The molecule has 0 bridgehead atoms. The predicted molar refractivity (Wildman–Crippen MR) is 127 cm³/mol. The van der Waals surface area contributed by atoms with Gasteiger partial charge in [0.05, 0.1) is 37.6 Å². The summed E-state index contributed by atoms with van der Waals surface area (Å²) in [5, 5.41) is 3.45. The molecular weight excluding hydrogens is 444 g/mol. The smallest absolute Gasteiger partial charge is 0.282 e. The van der Waals surface area contributed by atoms with E-state index in [1.165, 1.54) is 14.2 Å². The molecule has 0 saturated heterocycles. The largest absolute Gasteiger partial charge is 0.497 e. The van der Waals surface area contributed by atoms with Crippen LogP contribution in [0.1, 0.15) is 5.56 Å². The highest BCUT2D eigenvalue weighted by molar-refractivity contribution is 6.46. The van der Waals surface area contributed by atoms with Gasteiger partial charge in [0.25, 0.3) is 11.8 Å². The molecule has 168 valence electrons. The number of imide groups is 1. The van der Waals surface area contributed by atoms with E-state index >= 15 is 0 Å². The van der Waals surface area contributed by atoms with E-state index in [0.717, 1.165) is 4.90 Å². The zero-order valence-corrected chi connectivity index (χ0v) is 19.0. The molecule has 1 aliphatic rings. The molecule has 0 saturated carbocycles. The summed E-state index contributed by atoms with van der Waals surface area (Å²) in [6.45, 7) is 0. The number of halogens is 1. The Bertz CT molecular complexity index is 1250. The van der Waals surface area contributed by atoms with Gasteiger partial charge in [0, 0.05) is 11.8 Å². The highest BCUT2D eigenvalue weighted by Crippen LogP contribution is 2.36. The predicted octanol–water partition coefficient (Wildman–Crippen LogP) is 4.76. The third-order valence-electron chi connectivity index (χ3n) is 5.20. The number of carbonyl (C=O) groups excluding carboxylic acids is 2. The summed E-state index contributed by atoms with van der Waals surface area (Å²) in [4.78, 5) is 28.1. The van der Waals surface area contributed by atoms with Crippen LogP contribution in [0.3, 0.4) is 0 Å². The van der Waals surface area contributed by atoms with Crippen molar-refractivity contribution in [2.24, 2.45) is 0 Å². The van der Waals surface area contributed by atoms with Gasteiger partial charge in [0.1, 0.15) is 22.9 Å². The van der Waals surface area contributed by atoms with Crippen molar-refractivity contribution < 1.29 is 23.8 Å². The van der Waals surface area contributed by atoms with Crippen molar-refractivity contribution in [3.8, 4) is 17.2 Å². The van der Waals surface area contributed by atoms with Gasteiger partial charge in [0.2, 0.25) is 0 Å². The highest BCUT2D eigenvalue weighted by atomic mass is 35.5. The second kappa shape index (κ2) is 9.26. The Labute approximate surface area is 196 Å². The molecule has 1 heterocycles. The number of anilines is 2. The Morgan fingerprint density at radius 1 is 0.788 bits per heavy atom. The standard InChI is InChI=1S/C25H21ClN2O5/c1-31-18-10-7-15(8-11-18)22-23(27-16-9-12-21(33-3)20(26)13-16)25(30)28(24(22)29)17-5-4-6-19(14-17)32-2/h4-14,27H,1-3H3. The monoisotopic (exact) mass is 464 g/mol. The number of rotatable bonds is 7. The second-order valence-electron chi connectivity index (χ2n) is 7.10. The Balaban J connectivity index is 1.80. The minimum atomic E-state index is -0.494. The first-order valence-electron chi connectivity index (χ1n) is 9.99. The van der Waals surface area contributed by atoms with Crippen LogP contribution in [-0.2, 0) is 9.59 Å². The molecule has 8 heteroatoms. The minimum Gasteiger partial charge on any atom is -0.497 e. The van der Waals surface area contributed by atoms with Gasteiger partial charge in [-0.05, 0) is 48.0 Å². The molecule has 4 rings (SSSR count). The van der Waals surface area contributed by atoms with Gasteiger partial charge < -0.3 is 19.5 Å². The number of hydrogen-bond acceptors (Lipinski definition) is 6. The van der Waals surface area contributed by atoms with Crippen molar-refractivity contribution in [2.45, 2.75) is 0 Å². The lowest BCUT2D eigenvalue weighted by molar-refractivity contribution is -0.120. The lowest BCUT2D eigenvalue weighted by Gasteiger charge is -2.16. The Morgan fingerprint density at radius 2 is 1.52 bits per heavy atom. The molecule has 0 atom stereocenters. The highest BCUT2D eigenvalue weighted by Gasteiger charge is 2.40. The van der Waals surface area contributed by atoms with Crippen LogP contribution in [0.2, 0.25) is 5.02 Å². The fourth-order valence-corrected chi connectivity index (χ4v) is 3.80. The number of ether oxygens (including phenoxy) is 3. The first kappa shape index (κ1) is 22.2. The number of methoxy groups -OCH3 is 3. The van der Waals surface area contributed by atoms with Crippen molar-refractivity contribution >= 4 is 40.4 Å². The third kappa shape index (κ3) is 4.23. The fraction of sp³-hybridized carbons (Fsp3) is 0.120. The van der Waals surface area contributed by atoms with E-state index in [4.69, 9.17) is 25.8 Å². The summed E-state index contributed by atoms with van der Waals surface area (Å²) < 4.78 is 15.7. The average molecular weight is 465 g/mol. The van der Waals surface area contributed by atoms with E-state index in [9.17, 15) is 9.59 Å². The number of hydrogen-bond donors (Lipinski definition) is 1. The molecule has 0 spiro atoms. The minimum absolute atomic E-state index is 0.134. The molecule has 7 nitrogen and oxygen atoms in total. The second-order valence-corrected chi connectivity index (χ2v) is 7.51. The van der Waals surface area contributed by atoms with Crippen LogP contribution < -0.4 is 24.4 Å². The maximum Gasteiger partial charge on any atom is 0.282 e. The van der Waals surface area contributed by atoms with Crippen LogP contribution in [0.25, 0.3) is 5.57 Å². The van der Waals surface area contributed by atoms with Crippen molar-refractivity contribution in [1.29, 1.82) is 0 Å². The van der Waals surface area contributed by atoms with Crippen LogP contribution in [0.4, 0.5) is 11.4 Å². The first-order valence-corrected chi connectivity index (χ1v) is 10.4. The normalized spacial score (nSPS) is 13.4. The molecule has 0 aliphatic carbocycles. The van der Waals surface area contributed by atoms with E-state index in [1.54, 1.807) is 73.8 Å². The van der Waals surface area contributed by atoms with Crippen molar-refractivity contribution in [2.75, 3.05) is 31.5 Å². The van der Waals surface area contributed by atoms with E-state index < -0.39 is 11.8 Å². The van der Waals surface area contributed by atoms with Crippen LogP contribution >= 0.6 is 11.6 Å². The Morgan fingerprint density at radius 3 is 2.15 bits per heavy atom. The summed E-state index contributed by atoms with van der Waals surface area (Å²) in [5.74, 6) is 0.713. The zero-order valence-electron chi connectivity index (χ0n) is 18.2. The number of nitrogens with zero attached hydrogens (tertiary/aromatic N) is 1. The molecule has 2 amide bonds. The summed E-state index contributed by atoms with van der Waals surface area (Å²) in [6, 6.07) is 18.7. The number of benzene rings is 3. The lowest BCUT2D eigenvalue weighted by atomic mass is 10.0. The van der Waals surface area contributed by atoms with Gasteiger partial charge in [-0.3, -0.25) is 9.59 Å². The van der Waals surface area contributed by atoms with E-state index in [1.807, 2.05) is 0 Å². The summed E-state index contributed by atoms with van der Waals surface area (Å²) in [7, 11) is 4.60. The molecule has 0 aromatic heterocycles. The molecule has 1 N–H and O–H groups in total. The molecule has 3 aromatic rings. The maximum absolute atomic E-state index is 13.5. The molecule has 1 aliphatic heterocycles. The Hall–Kier alpha value is -3.97. The summed E-state index contributed by atoms with van der Waals surface area (Å²) in [6.07, 6.45) is 0. The third-order valence-corrected chi connectivity index (χ3v) is 5.49. The quantitative estimate of drug-likeness (QED) is 0.508. The molecule has 0 radical (unpaired) electrons. The fourth-order valence-electron chi connectivity index (χ4n) is 3.54. The lowest BCUT2D eigenvalue weighted by Crippen LogP contribution is -2.32. The molecular formula is C25H21ClN2O5. The van der Waals surface area contributed by atoms with Crippen LogP contribution in [0, 0.1) is 0 Å². The van der Waals surface area contributed by atoms with E-state index in [0.29, 0.717) is 39.2 Å². The molecule has 0 unspecified atom stereocenters. The van der Waals surface area contributed by atoms with E-state index in [-0.39, 0.29) is 11.3 Å². The van der Waals surface area contributed by atoms with Gasteiger partial charge in [0.15, 0.2) is 0 Å². The van der Waals surface area contributed by atoms with Gasteiger partial charge in [-0.15, -0.1) is 0 Å². The van der Waals surface area contributed by atoms with Crippen LogP contribution in [0.5, 0.6) is 17.2 Å². The average Bonchev–Trinajstić information content (AvgIpc) is 3.08. The van der Waals surface area contributed by atoms with Crippen LogP contribution in [0.15, 0.2) is 72.4 Å². The van der Waals surface area contributed by atoms with Crippen molar-refractivity contribution in [3.05, 3.63) is 83.0 Å². The van der Waals surface area contributed by atoms with Gasteiger partial charge in [-0.25, -0.2) is 4.90 Å². The zero-order chi connectivity index (χ0) is 23.5. The topological polar surface area (TPSA) is 77.1 Å². The van der Waals surface area contributed by atoms with Crippen LogP contribution in [-0.4, -0.2) is 33.1 Å². The number of amides is 2. The first-order chi connectivity index (χ1) is 16.0. The summed E-state index contributed by atoms with van der Waals surface area (Å²) in [5.41, 5.74) is 1.88. The van der Waals surface area contributed by atoms with E-state index in [2.05, 4.69) is 5.32 Å². The number of carbonyl (C=O) groups is 2. The summed E-state index contributed by atoms with van der Waals surface area (Å²) >= 11 is 6.25. The van der Waals surface area contributed by atoms with Crippen molar-refractivity contribution in [3.63, 3.8) is 0 Å². The molecule has 0 fully saturated rings. The molecule has 33 heavy (non-hydrogen) atoms. The van der Waals surface area contributed by atoms with Crippen molar-refractivity contribution in [1.82, 2.24) is 0 Å². The van der Waals surface area contributed by atoms with Gasteiger partial charge >= 0.3 is 0 Å². The van der Waals surface area contributed by atoms with Gasteiger partial charge in [-0.2, -0.15) is 0 Å². The molecule has 3 aromatic carbocycles. The number of nitrogens with one attached hydrogen (secondary N) is 1. The van der Waals surface area contributed by atoms with Gasteiger partial charge in [-0.1, -0.05) is 29.8 Å². The SMILES string of the molecule is COc1ccc(C2=C(Nc3ccc(OC)c(Cl)c3)C(=O)N(c3cccc(OC)c3)C2=O)cc1. The Kier molecular flexibility index (Phi) is 6.24.